The van der Waals surface area contributed by atoms with Crippen molar-refractivity contribution in [1.29, 1.82) is 0 Å². The summed E-state index contributed by atoms with van der Waals surface area (Å²) in [7, 11) is 3.32. The second-order valence-corrected chi connectivity index (χ2v) is 6.43. The number of methoxy groups -OCH3 is 1. The molecule has 1 unspecified atom stereocenters. The molecule has 0 spiro atoms. The van der Waals surface area contributed by atoms with Crippen molar-refractivity contribution < 1.29 is 14.3 Å². The Kier molecular flexibility index (Phi) is 6.21. The van der Waals surface area contributed by atoms with Crippen LogP contribution in [0.5, 0.6) is 5.75 Å². The second-order valence-electron chi connectivity index (χ2n) is 5.99. The number of rotatable bonds is 6. The number of benzene rings is 2. The Labute approximate surface area is 153 Å². The molecule has 0 aliphatic rings. The minimum absolute atomic E-state index is 0.0424. The van der Waals surface area contributed by atoms with Gasteiger partial charge in [0.25, 0.3) is 0 Å². The van der Waals surface area contributed by atoms with Gasteiger partial charge >= 0.3 is 0 Å². The molecule has 0 saturated carbocycles. The lowest BCUT2D eigenvalue weighted by atomic mass is 10.0. The highest BCUT2D eigenvalue weighted by molar-refractivity contribution is 6.30. The molecule has 2 aromatic rings. The van der Waals surface area contributed by atoms with E-state index < -0.39 is 0 Å². The fraction of sp³-hybridized carbons (Fsp3) is 0.300. The van der Waals surface area contributed by atoms with Crippen LogP contribution in [0, 0.1) is 0 Å². The van der Waals surface area contributed by atoms with Crippen LogP contribution in [0.4, 0.5) is 0 Å². The number of hydrogen-bond donors (Lipinski definition) is 0. The molecule has 0 N–H and O–H groups in total. The third-order valence-electron chi connectivity index (χ3n) is 4.36. The summed E-state index contributed by atoms with van der Waals surface area (Å²) in [4.78, 5) is 26.0. The van der Waals surface area contributed by atoms with Crippen molar-refractivity contribution >= 4 is 23.3 Å². The first-order valence-corrected chi connectivity index (χ1v) is 8.40. The van der Waals surface area contributed by atoms with Gasteiger partial charge in [-0.25, -0.2) is 0 Å². The maximum Gasteiger partial charge on any atom is 0.227 e. The average Bonchev–Trinajstić information content (AvgIpc) is 2.60. The van der Waals surface area contributed by atoms with Gasteiger partial charge in [-0.05, 0) is 49.7 Å². The quantitative estimate of drug-likeness (QED) is 0.722. The molecule has 1 amide bonds. The third kappa shape index (κ3) is 4.60. The van der Waals surface area contributed by atoms with Crippen molar-refractivity contribution in [1.82, 2.24) is 4.90 Å². The van der Waals surface area contributed by atoms with E-state index in [2.05, 4.69) is 0 Å². The molecule has 0 radical (unpaired) electrons. The van der Waals surface area contributed by atoms with E-state index in [4.69, 9.17) is 16.3 Å². The highest BCUT2D eigenvalue weighted by Gasteiger charge is 2.19. The van der Waals surface area contributed by atoms with E-state index in [1.165, 1.54) is 6.92 Å². The van der Waals surface area contributed by atoms with Crippen molar-refractivity contribution in [3.63, 3.8) is 0 Å². The summed E-state index contributed by atoms with van der Waals surface area (Å²) in [6.45, 7) is 3.46. The molecule has 1 atom stereocenters. The molecule has 2 aromatic carbocycles. The zero-order valence-corrected chi connectivity index (χ0v) is 15.6. The van der Waals surface area contributed by atoms with E-state index >= 15 is 0 Å². The standard InChI is InChI=1S/C20H22ClNO3/c1-13(15-5-8-18(21)9-6-15)22(3)20(24)12-17-11-16(14(2)23)7-10-19(17)25-4/h5-11,13H,12H2,1-4H3. The highest BCUT2D eigenvalue weighted by Crippen LogP contribution is 2.25. The van der Waals surface area contributed by atoms with Crippen molar-refractivity contribution in [2.45, 2.75) is 26.3 Å². The van der Waals surface area contributed by atoms with Gasteiger partial charge in [-0.3, -0.25) is 9.59 Å². The zero-order chi connectivity index (χ0) is 18.6. The summed E-state index contributed by atoms with van der Waals surface area (Å²) < 4.78 is 5.32. The number of carbonyl (C=O) groups is 2. The fourth-order valence-electron chi connectivity index (χ4n) is 2.60. The van der Waals surface area contributed by atoms with Crippen molar-refractivity contribution in [2.75, 3.05) is 14.2 Å². The maximum absolute atomic E-state index is 12.7. The number of ketones is 1. The smallest absolute Gasteiger partial charge is 0.227 e. The molecule has 0 heterocycles. The van der Waals surface area contributed by atoms with Crippen LogP contribution in [0.25, 0.3) is 0 Å². The Balaban J connectivity index is 2.19. The molecule has 0 fully saturated rings. The van der Waals surface area contributed by atoms with E-state index in [1.54, 1.807) is 37.3 Å². The van der Waals surface area contributed by atoms with Crippen LogP contribution in [0.3, 0.4) is 0 Å². The zero-order valence-electron chi connectivity index (χ0n) is 14.9. The van der Waals surface area contributed by atoms with Crippen LogP contribution in [0.1, 0.15) is 41.4 Å². The monoisotopic (exact) mass is 359 g/mol. The summed E-state index contributed by atoms with van der Waals surface area (Å²) in [5, 5.41) is 0.663. The molecule has 2 rings (SSSR count). The topological polar surface area (TPSA) is 46.6 Å². The van der Waals surface area contributed by atoms with Crippen LogP contribution >= 0.6 is 11.6 Å². The lowest BCUT2D eigenvalue weighted by molar-refractivity contribution is -0.131. The predicted octanol–water partition coefficient (Wildman–Crippen LogP) is 4.31. The maximum atomic E-state index is 12.7. The number of carbonyl (C=O) groups excluding carboxylic acids is 2. The number of nitrogens with zero attached hydrogens (tertiary/aromatic N) is 1. The first kappa shape index (κ1) is 19.0. The summed E-state index contributed by atoms with van der Waals surface area (Å²) in [5.74, 6) is 0.506. The lowest BCUT2D eigenvalue weighted by Crippen LogP contribution is -2.31. The van der Waals surface area contributed by atoms with Gasteiger partial charge < -0.3 is 9.64 Å². The summed E-state index contributed by atoms with van der Waals surface area (Å²) in [5.41, 5.74) is 2.28. The first-order chi connectivity index (χ1) is 11.8. The van der Waals surface area contributed by atoms with Crippen LogP contribution < -0.4 is 4.74 Å². The Bertz CT molecular complexity index is 771. The molecule has 25 heavy (non-hydrogen) atoms. The second kappa shape index (κ2) is 8.17. The molecular formula is C20H22ClNO3. The molecule has 132 valence electrons. The Morgan fingerprint density at radius 2 is 1.80 bits per heavy atom. The Morgan fingerprint density at radius 1 is 1.16 bits per heavy atom. The molecule has 4 nitrogen and oxygen atoms in total. The first-order valence-electron chi connectivity index (χ1n) is 8.02. The van der Waals surface area contributed by atoms with Gasteiger partial charge in [-0.1, -0.05) is 23.7 Å². The van der Waals surface area contributed by atoms with Crippen molar-refractivity contribution in [3.05, 3.63) is 64.2 Å². The molecule has 0 aromatic heterocycles. The van der Waals surface area contributed by atoms with Crippen LogP contribution in [0.2, 0.25) is 5.02 Å². The van der Waals surface area contributed by atoms with E-state index in [0.717, 1.165) is 5.56 Å². The number of halogens is 1. The lowest BCUT2D eigenvalue weighted by Gasteiger charge is -2.26. The van der Waals surface area contributed by atoms with Gasteiger partial charge in [-0.15, -0.1) is 0 Å². The summed E-state index contributed by atoms with van der Waals surface area (Å²) in [6, 6.07) is 12.5. The predicted molar refractivity (Wildman–Crippen MR) is 99.3 cm³/mol. The van der Waals surface area contributed by atoms with E-state index in [1.807, 2.05) is 31.2 Å². The van der Waals surface area contributed by atoms with E-state index in [0.29, 0.717) is 21.9 Å². The molecule has 0 saturated heterocycles. The van der Waals surface area contributed by atoms with Gasteiger partial charge in [0.15, 0.2) is 5.78 Å². The number of likely N-dealkylation sites (N-methyl/N-ethyl adjacent to an activating group) is 1. The van der Waals surface area contributed by atoms with Gasteiger partial charge in [0, 0.05) is 23.2 Å². The third-order valence-corrected chi connectivity index (χ3v) is 4.61. The Morgan fingerprint density at radius 3 is 2.36 bits per heavy atom. The van der Waals surface area contributed by atoms with Gasteiger partial charge in [0.05, 0.1) is 19.6 Å². The SMILES string of the molecule is COc1ccc(C(C)=O)cc1CC(=O)N(C)C(C)c1ccc(Cl)cc1. The van der Waals surface area contributed by atoms with Crippen molar-refractivity contribution in [2.24, 2.45) is 0 Å². The fourth-order valence-corrected chi connectivity index (χ4v) is 2.73. The summed E-state index contributed by atoms with van der Waals surface area (Å²) in [6.07, 6.45) is 0.165. The number of ether oxygens (including phenoxy) is 1. The Hall–Kier alpha value is -2.33. The number of amides is 1. The van der Waals surface area contributed by atoms with E-state index in [9.17, 15) is 9.59 Å². The molecule has 5 heteroatoms. The van der Waals surface area contributed by atoms with Crippen LogP contribution in [-0.2, 0) is 11.2 Å². The number of Topliss-reactive ketones (excluding diaryl/α,β-unsaturated/α-hetero) is 1. The molecule has 0 bridgehead atoms. The van der Waals surface area contributed by atoms with Gasteiger partial charge in [0.1, 0.15) is 5.75 Å². The highest BCUT2D eigenvalue weighted by atomic mass is 35.5. The average molecular weight is 360 g/mol. The minimum Gasteiger partial charge on any atom is -0.496 e. The molecule has 0 aliphatic carbocycles. The summed E-state index contributed by atoms with van der Waals surface area (Å²) >= 11 is 5.92. The normalized spacial score (nSPS) is 11.7. The van der Waals surface area contributed by atoms with Crippen LogP contribution in [-0.4, -0.2) is 30.7 Å². The van der Waals surface area contributed by atoms with Crippen LogP contribution in [0.15, 0.2) is 42.5 Å². The number of hydrogen-bond acceptors (Lipinski definition) is 3. The minimum atomic E-state index is -0.0910. The van der Waals surface area contributed by atoms with Gasteiger partial charge in [0.2, 0.25) is 5.91 Å². The molecule has 0 aliphatic heterocycles. The van der Waals surface area contributed by atoms with E-state index in [-0.39, 0.29) is 24.2 Å². The van der Waals surface area contributed by atoms with Gasteiger partial charge in [-0.2, -0.15) is 0 Å². The largest absolute Gasteiger partial charge is 0.496 e. The van der Waals surface area contributed by atoms with Crippen molar-refractivity contribution in [3.8, 4) is 5.75 Å². The molecular weight excluding hydrogens is 338 g/mol.